The number of rotatable bonds is 6. The third kappa shape index (κ3) is 5.10. The van der Waals surface area contributed by atoms with Crippen LogP contribution in [0.25, 0.3) is 10.8 Å². The molecule has 7 heteroatoms. The molecule has 0 radical (unpaired) electrons. The molecule has 0 saturated heterocycles. The quantitative estimate of drug-likeness (QED) is 0.393. The van der Waals surface area contributed by atoms with Crippen molar-refractivity contribution in [3.63, 3.8) is 0 Å². The van der Waals surface area contributed by atoms with Gasteiger partial charge in [0.25, 0.3) is 15.9 Å². The van der Waals surface area contributed by atoms with Crippen molar-refractivity contribution in [2.45, 2.75) is 18.4 Å². The number of aryl methyl sites for hydroxylation is 1. The summed E-state index contributed by atoms with van der Waals surface area (Å²) in [5.41, 5.74) is 2.75. The SMILES string of the molecule is Cc1cc(Cl)cc(S(=O)(=O)Nc2ccc3cc(C(=O)NCc4ccccc4)ccc3c2)c1. The van der Waals surface area contributed by atoms with Crippen LogP contribution in [0.4, 0.5) is 5.69 Å². The number of hydrogen-bond acceptors (Lipinski definition) is 3. The summed E-state index contributed by atoms with van der Waals surface area (Å²) in [7, 11) is -3.78. The van der Waals surface area contributed by atoms with Gasteiger partial charge in [0.05, 0.1) is 4.90 Å². The van der Waals surface area contributed by atoms with Crippen molar-refractivity contribution >= 4 is 44.0 Å². The second kappa shape index (κ2) is 9.02. The van der Waals surface area contributed by atoms with E-state index < -0.39 is 10.0 Å². The van der Waals surface area contributed by atoms with E-state index in [0.29, 0.717) is 22.8 Å². The first-order valence-corrected chi connectivity index (χ1v) is 11.8. The lowest BCUT2D eigenvalue weighted by Crippen LogP contribution is -2.22. The number of nitrogens with one attached hydrogen (secondary N) is 2. The first kappa shape index (κ1) is 21.9. The normalized spacial score (nSPS) is 11.3. The fraction of sp³-hybridized carbons (Fsp3) is 0.0800. The molecule has 0 unspecified atom stereocenters. The molecule has 0 aliphatic carbocycles. The first-order valence-electron chi connectivity index (χ1n) is 9.96. The molecule has 1 amide bonds. The van der Waals surface area contributed by atoms with Crippen molar-refractivity contribution in [2.75, 3.05) is 4.72 Å². The number of sulfonamides is 1. The van der Waals surface area contributed by atoms with Crippen LogP contribution in [0.3, 0.4) is 0 Å². The Kier molecular flexibility index (Phi) is 6.17. The zero-order chi connectivity index (χ0) is 22.7. The van der Waals surface area contributed by atoms with Gasteiger partial charge in [0.15, 0.2) is 0 Å². The number of hydrogen-bond donors (Lipinski definition) is 2. The first-order chi connectivity index (χ1) is 15.3. The van der Waals surface area contributed by atoms with Crippen LogP contribution < -0.4 is 10.0 Å². The molecule has 4 aromatic carbocycles. The van der Waals surface area contributed by atoms with Gasteiger partial charge in [0, 0.05) is 22.8 Å². The van der Waals surface area contributed by atoms with Gasteiger partial charge in [0.2, 0.25) is 0 Å². The topological polar surface area (TPSA) is 75.3 Å². The summed E-state index contributed by atoms with van der Waals surface area (Å²) in [6, 6.07) is 24.9. The van der Waals surface area contributed by atoms with Gasteiger partial charge in [-0.3, -0.25) is 9.52 Å². The molecule has 0 fully saturated rings. The van der Waals surface area contributed by atoms with Crippen LogP contribution in [0, 0.1) is 6.92 Å². The number of carbonyl (C=O) groups excluding carboxylic acids is 1. The van der Waals surface area contributed by atoms with Gasteiger partial charge in [-0.25, -0.2) is 8.42 Å². The molecule has 32 heavy (non-hydrogen) atoms. The van der Waals surface area contributed by atoms with Crippen LogP contribution in [0.1, 0.15) is 21.5 Å². The lowest BCUT2D eigenvalue weighted by Gasteiger charge is -2.11. The predicted octanol–water partition coefficient (Wildman–Crippen LogP) is 5.53. The van der Waals surface area contributed by atoms with Crippen molar-refractivity contribution in [3.05, 3.63) is 107 Å². The highest BCUT2D eigenvalue weighted by Crippen LogP contribution is 2.25. The molecule has 162 valence electrons. The molecule has 0 aliphatic rings. The summed E-state index contributed by atoms with van der Waals surface area (Å²) in [6.07, 6.45) is 0. The van der Waals surface area contributed by atoms with Crippen LogP contribution >= 0.6 is 11.6 Å². The molecule has 4 rings (SSSR count). The monoisotopic (exact) mass is 464 g/mol. The van der Waals surface area contributed by atoms with Crippen molar-refractivity contribution in [2.24, 2.45) is 0 Å². The standard InChI is InChI=1S/C25H21ClN2O3S/c1-17-11-22(26)15-24(12-17)32(30,31)28-23-10-9-19-13-21(8-7-20(19)14-23)25(29)27-16-18-5-3-2-4-6-18/h2-15,28H,16H2,1H3,(H,27,29). The summed E-state index contributed by atoms with van der Waals surface area (Å²) in [4.78, 5) is 12.6. The van der Waals surface area contributed by atoms with Crippen LogP contribution in [0.5, 0.6) is 0 Å². The van der Waals surface area contributed by atoms with E-state index >= 15 is 0 Å². The van der Waals surface area contributed by atoms with Crippen LogP contribution in [0.2, 0.25) is 5.02 Å². The van der Waals surface area contributed by atoms with Gasteiger partial charge in [-0.2, -0.15) is 0 Å². The Hall–Kier alpha value is -3.35. The lowest BCUT2D eigenvalue weighted by atomic mass is 10.1. The fourth-order valence-electron chi connectivity index (χ4n) is 3.40. The summed E-state index contributed by atoms with van der Waals surface area (Å²) in [6.45, 7) is 2.23. The molecule has 0 aromatic heterocycles. The van der Waals surface area contributed by atoms with Gasteiger partial charge in [-0.15, -0.1) is 0 Å². The summed E-state index contributed by atoms with van der Waals surface area (Å²) >= 11 is 6.01. The van der Waals surface area contributed by atoms with E-state index in [1.165, 1.54) is 6.07 Å². The Bertz CT molecular complexity index is 1380. The van der Waals surface area contributed by atoms with E-state index in [0.717, 1.165) is 21.9 Å². The molecular weight excluding hydrogens is 444 g/mol. The van der Waals surface area contributed by atoms with Gasteiger partial charge in [0.1, 0.15) is 0 Å². The maximum atomic E-state index is 12.8. The maximum Gasteiger partial charge on any atom is 0.261 e. The van der Waals surface area contributed by atoms with E-state index in [4.69, 9.17) is 11.6 Å². The predicted molar refractivity (Wildman–Crippen MR) is 129 cm³/mol. The number of anilines is 1. The minimum absolute atomic E-state index is 0.105. The Labute approximate surface area is 192 Å². The maximum absolute atomic E-state index is 12.8. The Morgan fingerprint density at radius 2 is 1.59 bits per heavy atom. The Balaban J connectivity index is 1.52. The Morgan fingerprint density at radius 3 is 2.34 bits per heavy atom. The number of halogens is 1. The van der Waals surface area contributed by atoms with E-state index in [-0.39, 0.29) is 10.8 Å². The fourth-order valence-corrected chi connectivity index (χ4v) is 4.94. The molecule has 0 saturated carbocycles. The Morgan fingerprint density at radius 1 is 0.875 bits per heavy atom. The lowest BCUT2D eigenvalue weighted by molar-refractivity contribution is 0.0951. The number of fused-ring (bicyclic) bond motifs is 1. The molecule has 0 bridgehead atoms. The zero-order valence-corrected chi connectivity index (χ0v) is 18.9. The average molecular weight is 465 g/mol. The molecular formula is C25H21ClN2O3S. The van der Waals surface area contributed by atoms with Gasteiger partial charge in [-0.1, -0.05) is 54.1 Å². The molecule has 5 nitrogen and oxygen atoms in total. The molecule has 4 aromatic rings. The van der Waals surface area contributed by atoms with Crippen LogP contribution in [-0.4, -0.2) is 14.3 Å². The van der Waals surface area contributed by atoms with E-state index in [9.17, 15) is 13.2 Å². The molecule has 0 atom stereocenters. The highest BCUT2D eigenvalue weighted by Gasteiger charge is 2.16. The average Bonchev–Trinajstić information content (AvgIpc) is 2.77. The summed E-state index contributed by atoms with van der Waals surface area (Å²) in [5.74, 6) is -0.170. The summed E-state index contributed by atoms with van der Waals surface area (Å²) in [5, 5.41) is 4.92. The highest BCUT2D eigenvalue weighted by molar-refractivity contribution is 7.92. The van der Waals surface area contributed by atoms with Crippen LogP contribution in [0.15, 0.2) is 89.8 Å². The van der Waals surface area contributed by atoms with E-state index in [1.807, 2.05) is 30.3 Å². The van der Waals surface area contributed by atoms with E-state index in [1.54, 1.807) is 55.5 Å². The van der Waals surface area contributed by atoms with Gasteiger partial charge >= 0.3 is 0 Å². The van der Waals surface area contributed by atoms with E-state index in [2.05, 4.69) is 10.0 Å². The number of amides is 1. The minimum Gasteiger partial charge on any atom is -0.348 e. The zero-order valence-electron chi connectivity index (χ0n) is 17.3. The molecule has 2 N–H and O–H groups in total. The highest BCUT2D eigenvalue weighted by atomic mass is 35.5. The van der Waals surface area contributed by atoms with Gasteiger partial charge in [-0.05, 0) is 71.3 Å². The van der Waals surface area contributed by atoms with Crippen LogP contribution in [-0.2, 0) is 16.6 Å². The van der Waals surface area contributed by atoms with Crippen molar-refractivity contribution < 1.29 is 13.2 Å². The third-order valence-electron chi connectivity index (χ3n) is 4.98. The smallest absolute Gasteiger partial charge is 0.261 e. The second-order valence-electron chi connectivity index (χ2n) is 7.51. The molecule has 0 heterocycles. The number of carbonyl (C=O) groups is 1. The van der Waals surface area contributed by atoms with Gasteiger partial charge < -0.3 is 5.32 Å². The molecule has 0 aliphatic heterocycles. The molecule has 0 spiro atoms. The largest absolute Gasteiger partial charge is 0.348 e. The third-order valence-corrected chi connectivity index (χ3v) is 6.56. The summed E-state index contributed by atoms with van der Waals surface area (Å²) < 4.78 is 28.1. The second-order valence-corrected chi connectivity index (χ2v) is 9.63. The van der Waals surface area contributed by atoms with Crippen molar-refractivity contribution in [1.29, 1.82) is 0 Å². The van der Waals surface area contributed by atoms with Crippen molar-refractivity contribution in [1.82, 2.24) is 5.32 Å². The number of benzene rings is 4. The van der Waals surface area contributed by atoms with Crippen molar-refractivity contribution in [3.8, 4) is 0 Å². The minimum atomic E-state index is -3.78.